The van der Waals surface area contributed by atoms with Crippen molar-refractivity contribution in [3.63, 3.8) is 0 Å². The summed E-state index contributed by atoms with van der Waals surface area (Å²) >= 11 is 1.16. The summed E-state index contributed by atoms with van der Waals surface area (Å²) in [6, 6.07) is 14.1. The van der Waals surface area contributed by atoms with Crippen LogP contribution < -0.4 is 24.4 Å². The highest BCUT2D eigenvalue weighted by molar-refractivity contribution is 7.07. The van der Waals surface area contributed by atoms with Gasteiger partial charge in [0.25, 0.3) is 5.56 Å². The third-order valence-electron chi connectivity index (χ3n) is 6.55. The van der Waals surface area contributed by atoms with Crippen LogP contribution in [-0.4, -0.2) is 42.4 Å². The Morgan fingerprint density at radius 2 is 1.93 bits per heavy atom. The van der Waals surface area contributed by atoms with Gasteiger partial charge >= 0.3 is 11.9 Å². The van der Waals surface area contributed by atoms with Gasteiger partial charge in [0, 0.05) is 23.3 Å². The van der Waals surface area contributed by atoms with E-state index in [1.54, 1.807) is 62.4 Å². The molecule has 0 fully saturated rings. The van der Waals surface area contributed by atoms with Gasteiger partial charge in [0.2, 0.25) is 0 Å². The van der Waals surface area contributed by atoms with Gasteiger partial charge in [0.1, 0.15) is 29.1 Å². The molecule has 1 aliphatic rings. The smallest absolute Gasteiger partial charge is 0.338 e. The topological polar surface area (TPSA) is 130 Å². The second kappa shape index (κ2) is 11.3. The van der Waals surface area contributed by atoms with Crippen molar-refractivity contribution in [2.75, 3.05) is 20.8 Å². The van der Waals surface area contributed by atoms with E-state index in [-0.39, 0.29) is 23.3 Å². The SMILES string of the molecule is CCOC(=O)C1=C(C)N=c2s/c(=C\c3ccc(-c4cccc(C(=O)O)c4)o3)c(=O)n2[C@H]1c1ccc(OC)cc1OC. The molecule has 4 aromatic rings. The highest BCUT2D eigenvalue weighted by Gasteiger charge is 2.35. The van der Waals surface area contributed by atoms with Crippen molar-refractivity contribution in [1.82, 2.24) is 4.57 Å². The summed E-state index contributed by atoms with van der Waals surface area (Å²) in [7, 11) is 3.04. The van der Waals surface area contributed by atoms with E-state index in [1.165, 1.54) is 30.9 Å². The Kier molecular flexibility index (Phi) is 7.62. The van der Waals surface area contributed by atoms with Crippen LogP contribution in [0.4, 0.5) is 0 Å². The molecule has 1 aliphatic heterocycles. The molecule has 1 N–H and O–H groups in total. The van der Waals surface area contributed by atoms with E-state index in [0.29, 0.717) is 49.2 Å². The van der Waals surface area contributed by atoms with E-state index in [4.69, 9.17) is 18.6 Å². The maximum atomic E-state index is 13.9. The van der Waals surface area contributed by atoms with Crippen LogP contribution in [0.15, 0.2) is 80.1 Å². The third kappa shape index (κ3) is 5.19. The first-order chi connectivity index (χ1) is 19.7. The Labute approximate surface area is 238 Å². The van der Waals surface area contributed by atoms with Gasteiger partial charge < -0.3 is 23.7 Å². The van der Waals surface area contributed by atoms with E-state index >= 15 is 0 Å². The average Bonchev–Trinajstić information content (AvgIpc) is 3.56. The standard InChI is InChI=1S/C30H26N2O8S/c1-5-39-29(36)25-16(2)31-30-32(26(25)21-11-9-19(37-3)14-23(21)38-4)27(33)24(41-30)15-20-10-12-22(40-20)17-7-6-8-18(13-17)28(34)35/h6-15,26H,5H2,1-4H3,(H,34,35)/b24-15-/t26-/m0/s1. The number of thiazole rings is 1. The van der Waals surface area contributed by atoms with Crippen molar-refractivity contribution in [1.29, 1.82) is 0 Å². The number of nitrogens with zero attached hydrogens (tertiary/aromatic N) is 2. The van der Waals surface area contributed by atoms with Gasteiger partial charge in [-0.25, -0.2) is 14.6 Å². The minimum absolute atomic E-state index is 0.135. The van der Waals surface area contributed by atoms with Crippen LogP contribution in [0.5, 0.6) is 11.5 Å². The van der Waals surface area contributed by atoms with Gasteiger partial charge in [0.15, 0.2) is 4.80 Å². The lowest BCUT2D eigenvalue weighted by molar-refractivity contribution is -0.139. The molecule has 3 heterocycles. The van der Waals surface area contributed by atoms with Crippen LogP contribution in [-0.2, 0) is 9.53 Å². The summed E-state index contributed by atoms with van der Waals surface area (Å²) in [6.45, 7) is 3.57. The molecule has 0 aliphatic carbocycles. The number of rotatable bonds is 8. The number of hydrogen-bond acceptors (Lipinski definition) is 9. The molecular weight excluding hydrogens is 548 g/mol. The fourth-order valence-electron chi connectivity index (χ4n) is 4.65. The number of carbonyl (C=O) groups excluding carboxylic acids is 1. The van der Waals surface area contributed by atoms with Gasteiger partial charge in [-0.15, -0.1) is 0 Å². The molecule has 41 heavy (non-hydrogen) atoms. The predicted octanol–water partition coefficient (Wildman–Crippen LogP) is 3.77. The molecule has 0 bridgehead atoms. The van der Waals surface area contributed by atoms with E-state index in [2.05, 4.69) is 4.99 Å². The first-order valence-corrected chi connectivity index (χ1v) is 13.4. The number of aromatic nitrogens is 1. The molecule has 0 radical (unpaired) electrons. The highest BCUT2D eigenvalue weighted by Crippen LogP contribution is 2.37. The van der Waals surface area contributed by atoms with Crippen molar-refractivity contribution in [2.24, 2.45) is 4.99 Å². The number of ether oxygens (including phenoxy) is 3. The molecular formula is C30H26N2O8S. The van der Waals surface area contributed by atoms with Crippen molar-refractivity contribution in [3.8, 4) is 22.8 Å². The zero-order valence-corrected chi connectivity index (χ0v) is 23.5. The largest absolute Gasteiger partial charge is 0.497 e. The Morgan fingerprint density at radius 3 is 2.63 bits per heavy atom. The molecule has 0 saturated heterocycles. The Balaban J connectivity index is 1.65. The monoisotopic (exact) mass is 574 g/mol. The van der Waals surface area contributed by atoms with Crippen LogP contribution in [0.2, 0.25) is 0 Å². The number of allylic oxidation sites excluding steroid dienone is 1. The molecule has 5 rings (SSSR count). The fourth-order valence-corrected chi connectivity index (χ4v) is 5.68. The second-order valence-corrected chi connectivity index (χ2v) is 10.0. The number of carboxylic acid groups (broad SMARTS) is 1. The number of benzene rings is 2. The van der Waals surface area contributed by atoms with Crippen molar-refractivity contribution < 1.29 is 33.3 Å². The van der Waals surface area contributed by atoms with Crippen LogP contribution in [0.3, 0.4) is 0 Å². The first kappa shape index (κ1) is 27.7. The van der Waals surface area contributed by atoms with E-state index in [0.717, 1.165) is 11.3 Å². The summed E-state index contributed by atoms with van der Waals surface area (Å²) < 4.78 is 24.1. The number of esters is 1. The first-order valence-electron chi connectivity index (χ1n) is 12.6. The lowest BCUT2D eigenvalue weighted by atomic mass is 9.95. The molecule has 2 aromatic carbocycles. The lowest BCUT2D eigenvalue weighted by Gasteiger charge is -2.26. The number of furan rings is 1. The van der Waals surface area contributed by atoms with Gasteiger partial charge in [-0.05, 0) is 50.2 Å². The minimum atomic E-state index is -1.04. The molecule has 0 unspecified atom stereocenters. The summed E-state index contributed by atoms with van der Waals surface area (Å²) in [4.78, 5) is 43.4. The summed E-state index contributed by atoms with van der Waals surface area (Å²) in [5.74, 6) is 0.211. The Morgan fingerprint density at radius 1 is 1.12 bits per heavy atom. The zero-order valence-electron chi connectivity index (χ0n) is 22.7. The van der Waals surface area contributed by atoms with E-state index in [9.17, 15) is 19.5 Å². The summed E-state index contributed by atoms with van der Waals surface area (Å²) in [5.41, 5.74) is 1.57. The molecule has 0 saturated carbocycles. The van der Waals surface area contributed by atoms with Gasteiger partial charge in [-0.3, -0.25) is 9.36 Å². The minimum Gasteiger partial charge on any atom is -0.497 e. The van der Waals surface area contributed by atoms with Gasteiger partial charge in [-0.2, -0.15) is 0 Å². The Hall–Kier alpha value is -4.90. The lowest BCUT2D eigenvalue weighted by Crippen LogP contribution is -2.40. The number of fused-ring (bicyclic) bond motifs is 1. The molecule has 2 aromatic heterocycles. The number of carboxylic acids is 1. The average molecular weight is 575 g/mol. The van der Waals surface area contributed by atoms with Crippen LogP contribution in [0, 0.1) is 0 Å². The zero-order chi connectivity index (χ0) is 29.3. The quantitative estimate of drug-likeness (QED) is 0.315. The fraction of sp³-hybridized carbons (Fsp3) is 0.200. The van der Waals surface area contributed by atoms with Crippen LogP contribution in [0.25, 0.3) is 17.4 Å². The second-order valence-electron chi connectivity index (χ2n) is 9.00. The molecule has 11 heteroatoms. The van der Waals surface area contributed by atoms with Crippen molar-refractivity contribution in [2.45, 2.75) is 19.9 Å². The predicted molar refractivity (Wildman–Crippen MR) is 151 cm³/mol. The number of carbonyl (C=O) groups is 2. The van der Waals surface area contributed by atoms with Crippen molar-refractivity contribution >= 4 is 29.4 Å². The summed E-state index contributed by atoms with van der Waals surface area (Å²) in [5, 5.41) is 9.30. The summed E-state index contributed by atoms with van der Waals surface area (Å²) in [6.07, 6.45) is 1.60. The molecule has 210 valence electrons. The van der Waals surface area contributed by atoms with E-state index in [1.807, 2.05) is 0 Å². The molecule has 10 nitrogen and oxygen atoms in total. The van der Waals surface area contributed by atoms with Gasteiger partial charge in [0.05, 0.1) is 42.2 Å². The number of aromatic carboxylic acids is 1. The Bertz CT molecular complexity index is 1880. The van der Waals surface area contributed by atoms with Gasteiger partial charge in [-0.1, -0.05) is 23.5 Å². The highest BCUT2D eigenvalue weighted by atomic mass is 32.1. The van der Waals surface area contributed by atoms with Crippen LogP contribution >= 0.6 is 11.3 Å². The van der Waals surface area contributed by atoms with E-state index < -0.39 is 18.0 Å². The maximum Gasteiger partial charge on any atom is 0.338 e. The number of methoxy groups -OCH3 is 2. The normalized spacial score (nSPS) is 14.8. The third-order valence-corrected chi connectivity index (χ3v) is 7.53. The molecule has 0 amide bonds. The van der Waals surface area contributed by atoms with Crippen molar-refractivity contribution in [3.05, 3.63) is 102 Å². The van der Waals surface area contributed by atoms with Crippen LogP contribution in [0.1, 0.15) is 41.6 Å². The molecule has 1 atom stereocenters. The molecule has 0 spiro atoms. The maximum absolute atomic E-state index is 13.9. The number of hydrogen-bond donors (Lipinski definition) is 1.